The Hall–Kier alpha value is -0.0800. The van der Waals surface area contributed by atoms with Crippen molar-refractivity contribution in [1.82, 2.24) is 5.32 Å². The highest BCUT2D eigenvalue weighted by molar-refractivity contribution is 4.72. The van der Waals surface area contributed by atoms with Crippen molar-refractivity contribution in [3.05, 3.63) is 0 Å². The summed E-state index contributed by atoms with van der Waals surface area (Å²) in [5, 5.41) is 12.6. The number of aliphatic hydroxyl groups excluding tert-OH is 1. The van der Waals surface area contributed by atoms with Crippen LogP contribution in [-0.4, -0.2) is 24.3 Å². The van der Waals surface area contributed by atoms with Crippen molar-refractivity contribution in [3.8, 4) is 0 Å². The molecule has 0 saturated heterocycles. The maximum absolute atomic E-state index is 8.92. The van der Waals surface area contributed by atoms with Crippen LogP contribution in [0, 0.1) is 5.92 Å². The lowest BCUT2D eigenvalue weighted by molar-refractivity contribution is 0.247. The average Bonchev–Trinajstić information content (AvgIpc) is 2.52. The summed E-state index contributed by atoms with van der Waals surface area (Å²) in [5.41, 5.74) is 0. The molecule has 2 nitrogen and oxygen atoms in total. The molecule has 90 valence electrons. The minimum absolute atomic E-state index is 0.338. The van der Waals surface area contributed by atoms with Gasteiger partial charge in [0.2, 0.25) is 0 Å². The van der Waals surface area contributed by atoms with Crippen molar-refractivity contribution in [2.75, 3.05) is 13.2 Å². The first-order valence-corrected chi connectivity index (χ1v) is 6.71. The molecule has 1 fully saturated rings. The number of aliphatic hydroxyl groups is 1. The molecule has 1 rings (SSSR count). The molecule has 1 aliphatic carbocycles. The van der Waals surface area contributed by atoms with Gasteiger partial charge in [-0.1, -0.05) is 39.0 Å². The van der Waals surface area contributed by atoms with Crippen LogP contribution in [0.5, 0.6) is 0 Å². The molecule has 0 aromatic carbocycles. The topological polar surface area (TPSA) is 32.3 Å². The van der Waals surface area contributed by atoms with Crippen LogP contribution in [0.25, 0.3) is 0 Å². The van der Waals surface area contributed by atoms with E-state index in [-0.39, 0.29) is 0 Å². The first-order chi connectivity index (χ1) is 7.36. The predicted molar refractivity (Wildman–Crippen MR) is 65.0 cm³/mol. The zero-order valence-electron chi connectivity index (χ0n) is 10.2. The zero-order chi connectivity index (χ0) is 10.9. The van der Waals surface area contributed by atoms with Crippen LogP contribution < -0.4 is 5.32 Å². The van der Waals surface area contributed by atoms with Gasteiger partial charge in [0.15, 0.2) is 0 Å². The Labute approximate surface area is 94.5 Å². The Balaban J connectivity index is 2.15. The average molecular weight is 213 g/mol. The van der Waals surface area contributed by atoms with E-state index in [0.29, 0.717) is 12.5 Å². The van der Waals surface area contributed by atoms with Crippen LogP contribution in [0.2, 0.25) is 0 Å². The van der Waals surface area contributed by atoms with E-state index in [4.69, 9.17) is 5.11 Å². The quantitative estimate of drug-likeness (QED) is 0.665. The van der Waals surface area contributed by atoms with Gasteiger partial charge in [-0.05, 0) is 31.7 Å². The second-order valence-electron chi connectivity index (χ2n) is 4.88. The fourth-order valence-electron chi connectivity index (χ4n) is 2.45. The molecule has 0 bridgehead atoms. The van der Waals surface area contributed by atoms with Gasteiger partial charge in [0.1, 0.15) is 0 Å². The molecule has 1 unspecified atom stereocenters. The van der Waals surface area contributed by atoms with Gasteiger partial charge in [-0.15, -0.1) is 0 Å². The number of hydrogen-bond donors (Lipinski definition) is 2. The molecule has 1 atom stereocenters. The maximum atomic E-state index is 8.92. The smallest absolute Gasteiger partial charge is 0.0434 e. The van der Waals surface area contributed by atoms with Gasteiger partial charge in [0.05, 0.1) is 0 Å². The molecular formula is C13H27NO. The number of hydrogen-bond acceptors (Lipinski definition) is 2. The fraction of sp³-hybridized carbons (Fsp3) is 1.00. The molecule has 0 spiro atoms. The molecule has 0 radical (unpaired) electrons. The second-order valence-corrected chi connectivity index (χ2v) is 4.88. The molecule has 15 heavy (non-hydrogen) atoms. The standard InChI is InChI=1S/C13H27NO/c1-2-12(9-10-15)11-14-13-7-5-3-4-6-8-13/h12-15H,2-11H2,1H3. The van der Waals surface area contributed by atoms with E-state index in [1.54, 1.807) is 0 Å². The lowest BCUT2D eigenvalue weighted by Gasteiger charge is -2.20. The maximum Gasteiger partial charge on any atom is 0.0434 e. The van der Waals surface area contributed by atoms with Crippen LogP contribution >= 0.6 is 0 Å². The summed E-state index contributed by atoms with van der Waals surface area (Å²) < 4.78 is 0. The van der Waals surface area contributed by atoms with E-state index in [0.717, 1.165) is 19.0 Å². The predicted octanol–water partition coefficient (Wildman–Crippen LogP) is 2.71. The second kappa shape index (κ2) is 8.12. The van der Waals surface area contributed by atoms with Crippen LogP contribution in [0.4, 0.5) is 0 Å². The minimum atomic E-state index is 0.338. The minimum Gasteiger partial charge on any atom is -0.396 e. The highest BCUT2D eigenvalue weighted by Crippen LogP contribution is 2.17. The highest BCUT2D eigenvalue weighted by atomic mass is 16.3. The van der Waals surface area contributed by atoms with E-state index in [1.165, 1.54) is 44.9 Å². The third kappa shape index (κ3) is 5.53. The summed E-state index contributed by atoms with van der Waals surface area (Å²) >= 11 is 0. The van der Waals surface area contributed by atoms with Gasteiger partial charge in [0.25, 0.3) is 0 Å². The molecule has 0 aliphatic heterocycles. The van der Waals surface area contributed by atoms with Gasteiger partial charge < -0.3 is 10.4 Å². The van der Waals surface area contributed by atoms with Gasteiger partial charge in [-0.2, -0.15) is 0 Å². The van der Waals surface area contributed by atoms with Crippen molar-refractivity contribution < 1.29 is 5.11 Å². The molecule has 1 saturated carbocycles. The molecule has 2 N–H and O–H groups in total. The van der Waals surface area contributed by atoms with Crippen LogP contribution in [0.1, 0.15) is 58.3 Å². The summed E-state index contributed by atoms with van der Waals surface area (Å²) in [6, 6.07) is 0.750. The summed E-state index contributed by atoms with van der Waals surface area (Å²) in [4.78, 5) is 0. The van der Waals surface area contributed by atoms with Crippen molar-refractivity contribution in [3.63, 3.8) is 0 Å². The molecule has 0 aromatic heterocycles. The SMILES string of the molecule is CCC(CCO)CNC1CCCCCC1. The molecule has 0 aromatic rings. The van der Waals surface area contributed by atoms with E-state index in [2.05, 4.69) is 12.2 Å². The highest BCUT2D eigenvalue weighted by Gasteiger charge is 2.13. The van der Waals surface area contributed by atoms with Gasteiger partial charge >= 0.3 is 0 Å². The van der Waals surface area contributed by atoms with Crippen molar-refractivity contribution in [1.29, 1.82) is 0 Å². The van der Waals surface area contributed by atoms with E-state index < -0.39 is 0 Å². The normalized spacial score (nSPS) is 21.2. The summed E-state index contributed by atoms with van der Waals surface area (Å²) in [6.45, 7) is 3.65. The number of nitrogens with one attached hydrogen (secondary N) is 1. The monoisotopic (exact) mass is 213 g/mol. The van der Waals surface area contributed by atoms with Gasteiger partial charge in [-0.3, -0.25) is 0 Å². The first kappa shape index (κ1) is 13.0. The van der Waals surface area contributed by atoms with Crippen molar-refractivity contribution >= 4 is 0 Å². The first-order valence-electron chi connectivity index (χ1n) is 6.71. The third-order valence-corrected chi connectivity index (χ3v) is 3.67. The Bertz CT molecular complexity index is 141. The fourth-order valence-corrected chi connectivity index (χ4v) is 2.45. The molecule has 2 heteroatoms. The summed E-state index contributed by atoms with van der Waals surface area (Å²) in [7, 11) is 0. The number of rotatable bonds is 6. The Morgan fingerprint density at radius 1 is 1.20 bits per heavy atom. The molecule has 1 aliphatic rings. The van der Waals surface area contributed by atoms with Gasteiger partial charge in [-0.25, -0.2) is 0 Å². The molecule has 0 heterocycles. The lowest BCUT2D eigenvalue weighted by Crippen LogP contribution is -2.33. The van der Waals surface area contributed by atoms with Crippen LogP contribution in [0.3, 0.4) is 0 Å². The lowest BCUT2D eigenvalue weighted by atomic mass is 10.0. The molecule has 0 amide bonds. The van der Waals surface area contributed by atoms with Crippen LogP contribution in [0.15, 0.2) is 0 Å². The summed E-state index contributed by atoms with van der Waals surface area (Å²) in [6.07, 6.45) is 10.5. The zero-order valence-corrected chi connectivity index (χ0v) is 10.2. The summed E-state index contributed by atoms with van der Waals surface area (Å²) in [5.74, 6) is 0.665. The Morgan fingerprint density at radius 2 is 1.87 bits per heavy atom. The van der Waals surface area contributed by atoms with Gasteiger partial charge in [0, 0.05) is 12.6 Å². The van der Waals surface area contributed by atoms with E-state index >= 15 is 0 Å². The van der Waals surface area contributed by atoms with Crippen molar-refractivity contribution in [2.24, 2.45) is 5.92 Å². The van der Waals surface area contributed by atoms with Crippen molar-refractivity contribution in [2.45, 2.75) is 64.3 Å². The largest absolute Gasteiger partial charge is 0.396 e. The Morgan fingerprint density at radius 3 is 2.40 bits per heavy atom. The van der Waals surface area contributed by atoms with E-state index in [1.807, 2.05) is 0 Å². The Kier molecular flexibility index (Phi) is 7.03. The van der Waals surface area contributed by atoms with E-state index in [9.17, 15) is 0 Å². The third-order valence-electron chi connectivity index (χ3n) is 3.67. The molecular weight excluding hydrogens is 186 g/mol. The van der Waals surface area contributed by atoms with Crippen LogP contribution in [-0.2, 0) is 0 Å².